The number of rotatable bonds is 3. The van der Waals surface area contributed by atoms with Crippen LogP contribution in [0.15, 0.2) is 30.6 Å². The molecule has 0 unspecified atom stereocenters. The van der Waals surface area contributed by atoms with E-state index in [1.54, 1.807) is 24.3 Å². The van der Waals surface area contributed by atoms with Gasteiger partial charge in [-0.25, -0.2) is 4.98 Å². The molecule has 92 valence electrons. The van der Waals surface area contributed by atoms with E-state index in [4.69, 9.17) is 10.5 Å². The normalized spacial score (nSPS) is 9.58. The molecule has 0 saturated heterocycles. The van der Waals surface area contributed by atoms with E-state index in [9.17, 15) is 10.1 Å². The van der Waals surface area contributed by atoms with E-state index in [0.717, 1.165) is 0 Å². The van der Waals surface area contributed by atoms with Crippen molar-refractivity contribution in [1.82, 2.24) is 9.55 Å². The van der Waals surface area contributed by atoms with Gasteiger partial charge in [-0.2, -0.15) is 10.5 Å². The standard InChI is InChI=1S/C12H7N5O2/c13-5-10-12(6-14)16(8-15-10)7-9-3-1-2-4-11(9)17(18)19/h1-4,8H,7H2. The minimum absolute atomic E-state index is 0.0149. The number of imidazole rings is 1. The monoisotopic (exact) mass is 253 g/mol. The molecule has 0 aliphatic carbocycles. The molecule has 0 fully saturated rings. The van der Waals surface area contributed by atoms with Crippen molar-refractivity contribution in [2.24, 2.45) is 0 Å². The molecular formula is C12H7N5O2. The Morgan fingerprint density at radius 3 is 2.68 bits per heavy atom. The molecular weight excluding hydrogens is 246 g/mol. The van der Waals surface area contributed by atoms with Gasteiger partial charge in [-0.1, -0.05) is 18.2 Å². The number of para-hydroxylation sites is 1. The van der Waals surface area contributed by atoms with E-state index in [0.29, 0.717) is 5.56 Å². The first-order valence-corrected chi connectivity index (χ1v) is 5.25. The van der Waals surface area contributed by atoms with Crippen molar-refractivity contribution in [1.29, 1.82) is 10.5 Å². The number of nitro benzene ring substituents is 1. The first-order chi connectivity index (χ1) is 9.17. The van der Waals surface area contributed by atoms with Crippen molar-refractivity contribution in [3.63, 3.8) is 0 Å². The van der Waals surface area contributed by atoms with Crippen molar-refractivity contribution in [3.8, 4) is 12.1 Å². The molecule has 2 rings (SSSR count). The van der Waals surface area contributed by atoms with Crippen LogP contribution in [0.25, 0.3) is 0 Å². The van der Waals surface area contributed by atoms with Gasteiger partial charge in [0.25, 0.3) is 5.69 Å². The van der Waals surface area contributed by atoms with Gasteiger partial charge in [-0.3, -0.25) is 10.1 Å². The van der Waals surface area contributed by atoms with Gasteiger partial charge in [0.2, 0.25) is 0 Å². The number of benzene rings is 1. The molecule has 19 heavy (non-hydrogen) atoms. The van der Waals surface area contributed by atoms with Gasteiger partial charge < -0.3 is 4.57 Å². The Labute approximate surface area is 108 Å². The molecule has 0 radical (unpaired) electrons. The summed E-state index contributed by atoms with van der Waals surface area (Å²) in [4.78, 5) is 14.2. The summed E-state index contributed by atoms with van der Waals surface area (Å²) >= 11 is 0. The number of hydrogen-bond donors (Lipinski definition) is 0. The molecule has 0 aliphatic heterocycles. The van der Waals surface area contributed by atoms with E-state index in [-0.39, 0.29) is 23.6 Å². The lowest BCUT2D eigenvalue weighted by atomic mass is 10.2. The summed E-state index contributed by atoms with van der Waals surface area (Å²) in [6.07, 6.45) is 1.33. The number of aromatic nitrogens is 2. The maximum atomic E-state index is 10.9. The van der Waals surface area contributed by atoms with E-state index < -0.39 is 4.92 Å². The minimum atomic E-state index is -0.483. The molecule has 0 N–H and O–H groups in total. The second-order valence-electron chi connectivity index (χ2n) is 3.68. The summed E-state index contributed by atoms with van der Waals surface area (Å²) in [7, 11) is 0. The number of nitrogens with zero attached hydrogens (tertiary/aromatic N) is 5. The van der Waals surface area contributed by atoms with Crippen LogP contribution in [0.2, 0.25) is 0 Å². The maximum absolute atomic E-state index is 10.9. The van der Waals surface area contributed by atoms with Gasteiger partial charge in [0.05, 0.1) is 17.8 Å². The third-order valence-corrected chi connectivity index (χ3v) is 2.58. The molecule has 0 aliphatic rings. The van der Waals surface area contributed by atoms with Crippen LogP contribution in [0, 0.1) is 32.8 Å². The highest BCUT2D eigenvalue weighted by atomic mass is 16.6. The van der Waals surface area contributed by atoms with Crippen molar-refractivity contribution >= 4 is 5.69 Å². The lowest BCUT2D eigenvalue weighted by molar-refractivity contribution is -0.385. The van der Waals surface area contributed by atoms with Crippen LogP contribution in [0.3, 0.4) is 0 Å². The van der Waals surface area contributed by atoms with E-state index >= 15 is 0 Å². The van der Waals surface area contributed by atoms with Crippen LogP contribution in [0.4, 0.5) is 5.69 Å². The highest BCUT2D eigenvalue weighted by Crippen LogP contribution is 2.19. The second kappa shape index (κ2) is 4.98. The Balaban J connectivity index is 2.44. The van der Waals surface area contributed by atoms with Crippen LogP contribution in [-0.4, -0.2) is 14.5 Å². The smallest absolute Gasteiger partial charge is 0.274 e. The van der Waals surface area contributed by atoms with Crippen LogP contribution >= 0.6 is 0 Å². The van der Waals surface area contributed by atoms with E-state index in [1.165, 1.54) is 17.0 Å². The molecule has 0 saturated carbocycles. The van der Waals surface area contributed by atoms with Crippen LogP contribution < -0.4 is 0 Å². The first-order valence-electron chi connectivity index (χ1n) is 5.25. The Morgan fingerprint density at radius 1 is 1.32 bits per heavy atom. The average molecular weight is 253 g/mol. The topological polar surface area (TPSA) is 109 Å². The lowest BCUT2D eigenvalue weighted by Crippen LogP contribution is -2.04. The largest absolute Gasteiger partial charge is 0.316 e. The zero-order valence-corrected chi connectivity index (χ0v) is 9.65. The molecule has 1 aromatic heterocycles. The van der Waals surface area contributed by atoms with Crippen molar-refractivity contribution in [2.45, 2.75) is 6.54 Å². The Kier molecular flexibility index (Phi) is 3.22. The molecule has 1 heterocycles. The van der Waals surface area contributed by atoms with E-state index in [1.807, 2.05) is 6.07 Å². The van der Waals surface area contributed by atoms with Gasteiger partial charge in [0, 0.05) is 11.6 Å². The summed E-state index contributed by atoms with van der Waals surface area (Å²) in [6, 6.07) is 9.92. The fourth-order valence-corrected chi connectivity index (χ4v) is 1.71. The summed E-state index contributed by atoms with van der Waals surface area (Å²) < 4.78 is 1.42. The lowest BCUT2D eigenvalue weighted by Gasteiger charge is -2.04. The Morgan fingerprint density at radius 2 is 2.05 bits per heavy atom. The van der Waals surface area contributed by atoms with Crippen LogP contribution in [0.1, 0.15) is 17.0 Å². The highest BCUT2D eigenvalue weighted by Gasteiger charge is 2.16. The molecule has 7 heteroatoms. The van der Waals surface area contributed by atoms with Gasteiger partial charge in [-0.05, 0) is 0 Å². The third kappa shape index (κ3) is 2.26. The van der Waals surface area contributed by atoms with Crippen LogP contribution in [0.5, 0.6) is 0 Å². The van der Waals surface area contributed by atoms with Gasteiger partial charge in [-0.15, -0.1) is 0 Å². The Bertz CT molecular complexity index is 720. The fraction of sp³-hybridized carbons (Fsp3) is 0.0833. The number of nitro groups is 1. The van der Waals surface area contributed by atoms with Gasteiger partial charge in [0.15, 0.2) is 11.4 Å². The van der Waals surface area contributed by atoms with Gasteiger partial charge >= 0.3 is 0 Å². The molecule has 0 spiro atoms. The first kappa shape index (κ1) is 12.3. The summed E-state index contributed by atoms with van der Waals surface area (Å²) in [6.45, 7) is 0.120. The summed E-state index contributed by atoms with van der Waals surface area (Å²) in [5.41, 5.74) is 0.534. The highest BCUT2D eigenvalue weighted by molar-refractivity contribution is 5.42. The third-order valence-electron chi connectivity index (χ3n) is 2.58. The number of hydrogen-bond acceptors (Lipinski definition) is 5. The average Bonchev–Trinajstić information content (AvgIpc) is 2.81. The molecule has 0 amide bonds. The summed E-state index contributed by atoms with van der Waals surface area (Å²) in [5.74, 6) is 0. The zero-order valence-electron chi connectivity index (χ0n) is 9.65. The molecule has 0 atom stereocenters. The fourth-order valence-electron chi connectivity index (χ4n) is 1.71. The van der Waals surface area contributed by atoms with Crippen molar-refractivity contribution in [2.75, 3.05) is 0 Å². The summed E-state index contributed by atoms with van der Waals surface area (Å²) in [5, 5.41) is 28.7. The molecule has 1 aromatic carbocycles. The number of nitriles is 2. The zero-order chi connectivity index (χ0) is 13.8. The molecule has 2 aromatic rings. The quantitative estimate of drug-likeness (QED) is 0.609. The van der Waals surface area contributed by atoms with Crippen molar-refractivity contribution in [3.05, 3.63) is 57.7 Å². The van der Waals surface area contributed by atoms with E-state index in [2.05, 4.69) is 4.98 Å². The van der Waals surface area contributed by atoms with Crippen LogP contribution in [-0.2, 0) is 6.54 Å². The second-order valence-corrected chi connectivity index (χ2v) is 3.68. The predicted octanol–water partition coefficient (Wildman–Crippen LogP) is 1.58. The SMILES string of the molecule is N#Cc1ncn(Cc2ccccc2[N+](=O)[O-])c1C#N. The van der Waals surface area contributed by atoms with Crippen molar-refractivity contribution < 1.29 is 4.92 Å². The molecule has 7 nitrogen and oxygen atoms in total. The maximum Gasteiger partial charge on any atom is 0.274 e. The predicted molar refractivity (Wildman–Crippen MR) is 63.9 cm³/mol. The van der Waals surface area contributed by atoms with Gasteiger partial charge in [0.1, 0.15) is 12.1 Å². The minimum Gasteiger partial charge on any atom is -0.316 e. The Hall–Kier alpha value is -3.19. The molecule has 0 bridgehead atoms.